The predicted octanol–water partition coefficient (Wildman–Crippen LogP) is 4.65. The Bertz CT molecular complexity index is 1470. The summed E-state index contributed by atoms with van der Waals surface area (Å²) in [7, 11) is 6.16. The van der Waals surface area contributed by atoms with Crippen LogP contribution in [0.5, 0.6) is 11.5 Å². The second-order valence-corrected chi connectivity index (χ2v) is 12.7. The fourth-order valence-electron chi connectivity index (χ4n) is 5.32. The van der Waals surface area contributed by atoms with Crippen LogP contribution in [0.3, 0.4) is 0 Å². The molecule has 250 valence electrons. The van der Waals surface area contributed by atoms with Gasteiger partial charge >= 0.3 is 0 Å². The monoisotopic (exact) mass is 748 g/mol. The molecule has 0 radical (unpaired) electrons. The Hall–Kier alpha value is -3.69. The third-order valence-electron chi connectivity index (χ3n) is 8.13. The second kappa shape index (κ2) is 19.9. The second-order valence-electron chi connectivity index (χ2n) is 12.7. The van der Waals surface area contributed by atoms with E-state index in [1.807, 2.05) is 97.1 Å². The molecule has 6 nitrogen and oxygen atoms in total. The van der Waals surface area contributed by atoms with Crippen molar-refractivity contribution in [2.24, 2.45) is 0 Å². The van der Waals surface area contributed by atoms with Crippen molar-refractivity contribution in [3.63, 3.8) is 0 Å². The number of benzene rings is 4. The zero-order chi connectivity index (χ0) is 32.6. The first-order valence-electron chi connectivity index (χ1n) is 16.5. The van der Waals surface area contributed by atoms with Gasteiger partial charge in [-0.2, -0.15) is 0 Å². The van der Waals surface area contributed by atoms with Crippen LogP contribution in [0.4, 0.5) is 0 Å². The number of likely N-dealkylation sites (N-methyl/N-ethyl adjacent to an activating group) is 1. The van der Waals surface area contributed by atoms with Gasteiger partial charge in [0.05, 0.1) is 27.7 Å². The highest BCUT2D eigenvalue weighted by Crippen LogP contribution is 2.20. The van der Waals surface area contributed by atoms with Gasteiger partial charge in [0.15, 0.2) is 11.8 Å². The molecule has 0 bridgehead atoms. The van der Waals surface area contributed by atoms with Gasteiger partial charge in [-0.25, -0.2) is 0 Å². The first kappa shape index (κ1) is 37.8. The molecule has 0 aliphatic carbocycles. The highest BCUT2D eigenvalue weighted by Gasteiger charge is 2.31. The van der Waals surface area contributed by atoms with E-state index in [2.05, 4.69) is 38.6 Å². The van der Waals surface area contributed by atoms with E-state index in [1.54, 1.807) is 0 Å². The third kappa shape index (κ3) is 13.1. The maximum Gasteiger partial charge on any atom is 0.278 e. The lowest BCUT2D eigenvalue weighted by molar-refractivity contribution is -0.886. The molecular weight excluding hydrogens is 699 g/mol. The molecule has 0 spiro atoms. The Kier molecular flexibility index (Phi) is 16.0. The minimum absolute atomic E-state index is 0. The summed E-state index contributed by atoms with van der Waals surface area (Å²) in [6.07, 6.45) is 7.14. The lowest BCUT2D eigenvalue weighted by atomic mass is 9.98. The molecule has 0 saturated carbocycles. The number of amides is 1. The average Bonchev–Trinajstić information content (AvgIpc) is 3.07. The third-order valence-corrected chi connectivity index (χ3v) is 8.13. The molecule has 0 heterocycles. The normalized spacial score (nSPS) is 11.6. The van der Waals surface area contributed by atoms with Crippen LogP contribution in [0.25, 0.3) is 0 Å². The number of nitrogens with one attached hydrogen (secondary N) is 1. The van der Waals surface area contributed by atoms with Crippen molar-refractivity contribution in [3.8, 4) is 11.5 Å². The quantitative estimate of drug-likeness (QED) is 0.0657. The number of ketones is 1. The summed E-state index contributed by atoms with van der Waals surface area (Å²) in [6, 6.07) is 34.7. The van der Waals surface area contributed by atoms with E-state index in [1.165, 1.54) is 0 Å². The molecule has 1 amide bonds. The van der Waals surface area contributed by atoms with Gasteiger partial charge in [0.2, 0.25) is 0 Å². The maximum atomic E-state index is 13.2. The minimum atomic E-state index is -0.214. The van der Waals surface area contributed by atoms with Crippen LogP contribution in [-0.4, -0.2) is 56.5 Å². The van der Waals surface area contributed by atoms with Crippen LogP contribution in [0.2, 0.25) is 0 Å². The summed E-state index contributed by atoms with van der Waals surface area (Å²) in [5.41, 5.74) is 3.53. The molecule has 1 atom stereocenters. The largest absolute Gasteiger partial charge is 1.00 e. The van der Waals surface area contributed by atoms with E-state index >= 15 is 0 Å². The molecule has 4 rings (SSSR count). The summed E-state index contributed by atoms with van der Waals surface area (Å²) in [5.74, 6) is 1.78. The molecule has 0 fully saturated rings. The zero-order valence-electron chi connectivity index (χ0n) is 28.0. The van der Waals surface area contributed by atoms with Crippen LogP contribution in [0.15, 0.2) is 109 Å². The van der Waals surface area contributed by atoms with Crippen LogP contribution >= 0.6 is 0 Å². The van der Waals surface area contributed by atoms with Gasteiger partial charge in [0, 0.05) is 24.1 Å². The molecule has 0 aromatic heterocycles. The summed E-state index contributed by atoms with van der Waals surface area (Å²) < 4.78 is 12.3. The first-order chi connectivity index (χ1) is 22.3. The Labute approximate surface area is 298 Å². The summed E-state index contributed by atoms with van der Waals surface area (Å²) in [5, 5.41) is 3.17. The van der Waals surface area contributed by atoms with Crippen molar-refractivity contribution in [3.05, 3.63) is 131 Å². The Balaban J connectivity index is 0.00000600. The lowest BCUT2D eigenvalue weighted by Crippen LogP contribution is -3.00. The standard InChI is InChI=1S/C40H48N2O4.HI/c1-42(2,3)38(30-32-20-22-35(23-21-32)39(43)34-18-12-9-13-19-34)40(44)41-28-14-6-4-5-7-15-29-45-36-24-26-37(27-25-36)46-31-33-16-10-8-11-17-33;/h8-13,16-27,38H,4-7,14-15,28-31H2,1-3H3;1H. The van der Waals surface area contributed by atoms with Crippen molar-refractivity contribution in [1.29, 1.82) is 0 Å². The lowest BCUT2D eigenvalue weighted by Gasteiger charge is -2.33. The molecule has 47 heavy (non-hydrogen) atoms. The Morgan fingerprint density at radius 2 is 1.15 bits per heavy atom. The molecular formula is C40H49IN2O4. The number of hydrogen-bond donors (Lipinski definition) is 1. The number of unbranched alkanes of at least 4 members (excludes halogenated alkanes) is 5. The maximum absolute atomic E-state index is 13.2. The highest BCUT2D eigenvalue weighted by molar-refractivity contribution is 6.08. The van der Waals surface area contributed by atoms with Crippen molar-refractivity contribution in [1.82, 2.24) is 5.32 Å². The van der Waals surface area contributed by atoms with Crippen LogP contribution in [0.1, 0.15) is 65.6 Å². The van der Waals surface area contributed by atoms with Crippen LogP contribution < -0.4 is 38.8 Å². The highest BCUT2D eigenvalue weighted by atomic mass is 127. The van der Waals surface area contributed by atoms with E-state index in [-0.39, 0.29) is 41.7 Å². The van der Waals surface area contributed by atoms with Gasteiger partial charge in [0.1, 0.15) is 18.1 Å². The van der Waals surface area contributed by atoms with Gasteiger partial charge in [-0.1, -0.05) is 111 Å². The number of rotatable bonds is 19. The number of nitrogens with zero attached hydrogens (tertiary/aromatic N) is 1. The molecule has 7 heteroatoms. The van der Waals surface area contributed by atoms with Crippen molar-refractivity contribution < 1.29 is 47.5 Å². The van der Waals surface area contributed by atoms with E-state index in [4.69, 9.17) is 9.47 Å². The van der Waals surface area contributed by atoms with Gasteiger partial charge in [0.25, 0.3) is 5.91 Å². The molecule has 1 unspecified atom stereocenters. The average molecular weight is 749 g/mol. The Morgan fingerprint density at radius 3 is 1.77 bits per heavy atom. The van der Waals surface area contributed by atoms with Gasteiger partial charge in [-0.05, 0) is 48.2 Å². The molecule has 0 saturated heterocycles. The summed E-state index contributed by atoms with van der Waals surface area (Å²) >= 11 is 0. The summed E-state index contributed by atoms with van der Waals surface area (Å²) in [6.45, 7) is 1.95. The molecule has 1 N–H and O–H groups in total. The van der Waals surface area contributed by atoms with Crippen molar-refractivity contribution in [2.75, 3.05) is 34.3 Å². The van der Waals surface area contributed by atoms with E-state index in [0.29, 0.717) is 41.8 Å². The molecule has 4 aromatic rings. The smallest absolute Gasteiger partial charge is 0.278 e. The van der Waals surface area contributed by atoms with Gasteiger partial charge in [-0.15, -0.1) is 0 Å². The number of halogens is 1. The zero-order valence-corrected chi connectivity index (χ0v) is 30.2. The number of ether oxygens (including phenoxy) is 2. The topological polar surface area (TPSA) is 64.6 Å². The fraction of sp³-hybridized carbons (Fsp3) is 0.350. The van der Waals surface area contributed by atoms with Gasteiger partial charge in [-0.3, -0.25) is 9.59 Å². The fourth-order valence-corrected chi connectivity index (χ4v) is 5.32. The number of hydrogen-bond acceptors (Lipinski definition) is 4. The van der Waals surface area contributed by atoms with E-state index < -0.39 is 0 Å². The Morgan fingerprint density at radius 1 is 0.617 bits per heavy atom. The minimum Gasteiger partial charge on any atom is -1.00 e. The van der Waals surface area contributed by atoms with Gasteiger partial charge < -0.3 is 43.3 Å². The molecule has 0 aliphatic heterocycles. The van der Waals surface area contributed by atoms with E-state index in [0.717, 1.165) is 61.2 Å². The molecule has 4 aromatic carbocycles. The van der Waals surface area contributed by atoms with E-state index in [9.17, 15) is 9.59 Å². The molecule has 0 aliphatic rings. The SMILES string of the molecule is C[N+](C)(C)C(Cc1ccc(C(=O)c2ccccc2)cc1)C(=O)NCCCCCCCCOc1ccc(OCc2ccccc2)cc1.[I-]. The number of quaternary nitrogens is 1. The predicted molar refractivity (Wildman–Crippen MR) is 185 cm³/mol. The van der Waals surface area contributed by atoms with Crippen molar-refractivity contribution in [2.45, 2.75) is 57.6 Å². The number of carbonyl (C=O) groups is 2. The summed E-state index contributed by atoms with van der Waals surface area (Å²) in [4.78, 5) is 25.9. The first-order valence-corrected chi connectivity index (χ1v) is 16.5. The number of carbonyl (C=O) groups excluding carboxylic acids is 2. The van der Waals surface area contributed by atoms with Crippen molar-refractivity contribution >= 4 is 11.7 Å². The van der Waals surface area contributed by atoms with Crippen LogP contribution in [-0.2, 0) is 17.8 Å². The van der Waals surface area contributed by atoms with Crippen LogP contribution in [0, 0.1) is 0 Å².